The number of rotatable bonds is 4. The Morgan fingerprint density at radius 3 is 2.65 bits per heavy atom. The zero-order valence-electron chi connectivity index (χ0n) is 12.9. The van der Waals surface area contributed by atoms with Crippen LogP contribution in [0, 0.1) is 12.3 Å². The Kier molecular flexibility index (Phi) is 4.18. The molecule has 0 saturated carbocycles. The molecular weight excluding hydrogens is 250 g/mol. The Morgan fingerprint density at radius 2 is 2.10 bits per heavy atom. The minimum atomic E-state index is 0.0708. The van der Waals surface area contributed by atoms with Gasteiger partial charge >= 0.3 is 0 Å². The number of aromatic nitrogens is 4. The number of hydrogen-bond donors (Lipinski definition) is 1. The summed E-state index contributed by atoms with van der Waals surface area (Å²) in [5, 5.41) is 12.0. The highest BCUT2D eigenvalue weighted by molar-refractivity contribution is 5.22. The standard InChI is InChI=1S/C15H23N5/c1-11-7-6-8-16-13(11)14(15(2,3)4)17-9-12-10-18-20(5)19-12/h6-8,10,14,17H,9H2,1-5H3. The van der Waals surface area contributed by atoms with E-state index in [-0.39, 0.29) is 11.5 Å². The first-order valence-electron chi connectivity index (χ1n) is 6.88. The van der Waals surface area contributed by atoms with Crippen molar-refractivity contribution in [2.45, 2.75) is 40.3 Å². The van der Waals surface area contributed by atoms with Crippen LogP contribution in [0.2, 0.25) is 0 Å². The lowest BCUT2D eigenvalue weighted by atomic mass is 9.83. The summed E-state index contributed by atoms with van der Waals surface area (Å²) in [7, 11) is 1.83. The van der Waals surface area contributed by atoms with Crippen molar-refractivity contribution < 1.29 is 0 Å². The summed E-state index contributed by atoms with van der Waals surface area (Å²) in [6.45, 7) is 9.44. The molecule has 1 atom stereocenters. The zero-order chi connectivity index (χ0) is 14.8. The van der Waals surface area contributed by atoms with Gasteiger partial charge in [-0.2, -0.15) is 15.0 Å². The van der Waals surface area contributed by atoms with E-state index in [0.29, 0.717) is 6.54 Å². The third-order valence-corrected chi connectivity index (χ3v) is 3.32. The van der Waals surface area contributed by atoms with Crippen LogP contribution in [-0.2, 0) is 13.6 Å². The first kappa shape index (κ1) is 14.7. The van der Waals surface area contributed by atoms with E-state index in [2.05, 4.69) is 54.3 Å². The van der Waals surface area contributed by atoms with Crippen molar-refractivity contribution in [2.75, 3.05) is 0 Å². The second-order valence-electron chi connectivity index (χ2n) is 6.21. The molecule has 5 heteroatoms. The van der Waals surface area contributed by atoms with Crippen molar-refractivity contribution in [1.29, 1.82) is 0 Å². The van der Waals surface area contributed by atoms with Gasteiger partial charge in [0.15, 0.2) is 0 Å². The molecule has 0 aliphatic rings. The summed E-state index contributed by atoms with van der Waals surface area (Å²) in [6, 6.07) is 4.25. The average Bonchev–Trinajstić information content (AvgIpc) is 2.76. The highest BCUT2D eigenvalue weighted by Crippen LogP contribution is 2.33. The molecular formula is C15H23N5. The van der Waals surface area contributed by atoms with Gasteiger partial charge in [0.1, 0.15) is 0 Å². The number of nitrogens with one attached hydrogen (secondary N) is 1. The van der Waals surface area contributed by atoms with Crippen LogP contribution in [0.1, 0.15) is 43.8 Å². The molecule has 2 heterocycles. The third kappa shape index (κ3) is 3.42. The van der Waals surface area contributed by atoms with Crippen LogP contribution in [0.5, 0.6) is 0 Å². The fraction of sp³-hybridized carbons (Fsp3) is 0.533. The van der Waals surface area contributed by atoms with Crippen molar-refractivity contribution in [3.63, 3.8) is 0 Å². The van der Waals surface area contributed by atoms with Gasteiger partial charge < -0.3 is 5.32 Å². The molecule has 1 N–H and O–H groups in total. The van der Waals surface area contributed by atoms with E-state index in [1.807, 2.05) is 19.3 Å². The van der Waals surface area contributed by atoms with Gasteiger partial charge in [0.25, 0.3) is 0 Å². The van der Waals surface area contributed by atoms with Crippen LogP contribution in [0.4, 0.5) is 0 Å². The van der Waals surface area contributed by atoms with Crippen LogP contribution in [0.3, 0.4) is 0 Å². The molecule has 20 heavy (non-hydrogen) atoms. The maximum atomic E-state index is 4.56. The van der Waals surface area contributed by atoms with E-state index in [1.165, 1.54) is 5.56 Å². The molecule has 108 valence electrons. The van der Waals surface area contributed by atoms with Crippen molar-refractivity contribution in [2.24, 2.45) is 12.5 Å². The van der Waals surface area contributed by atoms with Crippen LogP contribution >= 0.6 is 0 Å². The summed E-state index contributed by atoms with van der Waals surface area (Å²) in [5.41, 5.74) is 3.32. The largest absolute Gasteiger partial charge is 0.302 e. The van der Waals surface area contributed by atoms with E-state index < -0.39 is 0 Å². The minimum absolute atomic E-state index is 0.0708. The molecule has 2 aromatic heterocycles. The monoisotopic (exact) mass is 273 g/mol. The molecule has 0 aliphatic carbocycles. The Balaban J connectivity index is 2.19. The Labute approximate surface area is 120 Å². The Morgan fingerprint density at radius 1 is 1.35 bits per heavy atom. The van der Waals surface area contributed by atoms with E-state index in [1.54, 1.807) is 11.0 Å². The second-order valence-corrected chi connectivity index (χ2v) is 6.21. The smallest absolute Gasteiger partial charge is 0.0965 e. The van der Waals surface area contributed by atoms with Crippen LogP contribution in [-0.4, -0.2) is 20.0 Å². The van der Waals surface area contributed by atoms with Gasteiger partial charge in [-0.1, -0.05) is 26.8 Å². The maximum absolute atomic E-state index is 4.56. The molecule has 1 unspecified atom stereocenters. The highest BCUT2D eigenvalue weighted by Gasteiger charge is 2.28. The molecule has 0 spiro atoms. The normalized spacial score (nSPS) is 13.4. The quantitative estimate of drug-likeness (QED) is 0.929. The molecule has 0 aliphatic heterocycles. The summed E-state index contributed by atoms with van der Waals surface area (Å²) in [5.74, 6) is 0. The summed E-state index contributed by atoms with van der Waals surface area (Å²) in [4.78, 5) is 6.14. The highest BCUT2D eigenvalue weighted by atomic mass is 15.4. The maximum Gasteiger partial charge on any atom is 0.0965 e. The lowest BCUT2D eigenvalue weighted by molar-refractivity contribution is 0.264. The number of hydrogen-bond acceptors (Lipinski definition) is 4. The van der Waals surface area contributed by atoms with Crippen molar-refractivity contribution >= 4 is 0 Å². The average molecular weight is 273 g/mol. The molecule has 0 saturated heterocycles. The summed E-state index contributed by atoms with van der Waals surface area (Å²) < 4.78 is 0. The Hall–Kier alpha value is -1.75. The van der Waals surface area contributed by atoms with Crippen LogP contribution < -0.4 is 5.32 Å². The van der Waals surface area contributed by atoms with Crippen LogP contribution in [0.15, 0.2) is 24.5 Å². The predicted molar refractivity (Wildman–Crippen MR) is 79.0 cm³/mol. The molecule has 0 bridgehead atoms. The lowest BCUT2D eigenvalue weighted by Gasteiger charge is -2.32. The van der Waals surface area contributed by atoms with Gasteiger partial charge in [-0.25, -0.2) is 0 Å². The van der Waals surface area contributed by atoms with Crippen molar-refractivity contribution in [1.82, 2.24) is 25.3 Å². The van der Waals surface area contributed by atoms with E-state index in [0.717, 1.165) is 11.4 Å². The lowest BCUT2D eigenvalue weighted by Crippen LogP contribution is -2.33. The first-order chi connectivity index (χ1) is 9.38. The van der Waals surface area contributed by atoms with Gasteiger partial charge in [0.2, 0.25) is 0 Å². The van der Waals surface area contributed by atoms with Gasteiger partial charge in [0.05, 0.1) is 23.6 Å². The molecule has 0 amide bonds. The van der Waals surface area contributed by atoms with Crippen molar-refractivity contribution in [3.8, 4) is 0 Å². The minimum Gasteiger partial charge on any atom is -0.302 e. The third-order valence-electron chi connectivity index (χ3n) is 3.32. The molecule has 0 aromatic carbocycles. The molecule has 2 aromatic rings. The predicted octanol–water partition coefficient (Wildman–Crippen LogP) is 2.40. The van der Waals surface area contributed by atoms with Crippen molar-refractivity contribution in [3.05, 3.63) is 41.5 Å². The van der Waals surface area contributed by atoms with E-state index in [4.69, 9.17) is 0 Å². The van der Waals surface area contributed by atoms with E-state index in [9.17, 15) is 0 Å². The number of pyridine rings is 1. The van der Waals surface area contributed by atoms with Gasteiger partial charge in [-0.05, 0) is 24.0 Å². The fourth-order valence-corrected chi connectivity index (χ4v) is 2.29. The topological polar surface area (TPSA) is 55.6 Å². The Bertz CT molecular complexity index is 568. The number of aryl methyl sites for hydroxylation is 2. The first-order valence-corrected chi connectivity index (χ1v) is 6.88. The second kappa shape index (κ2) is 5.71. The molecule has 0 fully saturated rings. The van der Waals surface area contributed by atoms with Crippen LogP contribution in [0.25, 0.3) is 0 Å². The summed E-state index contributed by atoms with van der Waals surface area (Å²) in [6.07, 6.45) is 3.64. The van der Waals surface area contributed by atoms with Gasteiger partial charge in [-0.15, -0.1) is 0 Å². The molecule has 2 rings (SSSR count). The molecule has 5 nitrogen and oxygen atoms in total. The van der Waals surface area contributed by atoms with E-state index >= 15 is 0 Å². The van der Waals surface area contributed by atoms with Gasteiger partial charge in [0, 0.05) is 19.8 Å². The number of nitrogens with zero attached hydrogens (tertiary/aromatic N) is 4. The van der Waals surface area contributed by atoms with Gasteiger partial charge in [-0.3, -0.25) is 4.98 Å². The fourth-order valence-electron chi connectivity index (χ4n) is 2.29. The zero-order valence-corrected chi connectivity index (χ0v) is 12.9. The summed E-state index contributed by atoms with van der Waals surface area (Å²) >= 11 is 0. The molecule has 0 radical (unpaired) electrons. The SMILES string of the molecule is Cc1cccnc1C(NCc1cnn(C)n1)C(C)(C)C.